The number of hydrogen-bond acceptors (Lipinski definition) is 2. The average Bonchev–Trinajstić information content (AvgIpc) is 2.70. The van der Waals surface area contributed by atoms with Gasteiger partial charge < -0.3 is 4.74 Å². The van der Waals surface area contributed by atoms with E-state index in [9.17, 15) is 0 Å². The Hall–Kier alpha value is -2.42. The van der Waals surface area contributed by atoms with Crippen molar-refractivity contribution in [3.05, 3.63) is 107 Å². The van der Waals surface area contributed by atoms with E-state index in [1.165, 1.54) is 11.1 Å². The molecule has 3 aromatic carbocycles. The third kappa shape index (κ3) is 3.11. The minimum absolute atomic E-state index is 0.294. The van der Waals surface area contributed by atoms with Crippen molar-refractivity contribution in [2.45, 2.75) is 11.6 Å². The molecule has 3 aromatic rings. The van der Waals surface area contributed by atoms with Crippen molar-refractivity contribution >= 4 is 17.8 Å². The first-order chi connectivity index (χ1) is 12.3. The first-order valence-electron chi connectivity index (χ1n) is 8.30. The van der Waals surface area contributed by atoms with E-state index >= 15 is 0 Å². The molecule has 0 N–H and O–H groups in total. The molecule has 0 saturated heterocycles. The van der Waals surface area contributed by atoms with Crippen molar-refractivity contribution in [3.63, 3.8) is 0 Å². The summed E-state index contributed by atoms with van der Waals surface area (Å²) in [5.74, 6) is 0. The molecule has 0 aliphatic carbocycles. The van der Waals surface area contributed by atoms with Gasteiger partial charge in [-0.15, -0.1) is 0 Å². The van der Waals surface area contributed by atoms with Crippen LogP contribution in [-0.2, 0) is 10.2 Å². The van der Waals surface area contributed by atoms with Gasteiger partial charge in [0.25, 0.3) is 0 Å². The molecule has 1 heterocycles. The van der Waals surface area contributed by atoms with E-state index in [-0.39, 0.29) is 11.6 Å². The molecule has 3 heteroatoms. The van der Waals surface area contributed by atoms with Gasteiger partial charge in [0, 0.05) is 16.8 Å². The third-order valence-corrected chi connectivity index (χ3v) is 4.88. The van der Waals surface area contributed by atoms with E-state index in [1.807, 2.05) is 42.6 Å². The van der Waals surface area contributed by atoms with Gasteiger partial charge in [0.05, 0.1) is 12.0 Å². The Morgan fingerprint density at radius 3 is 1.84 bits per heavy atom. The first kappa shape index (κ1) is 16.1. The van der Waals surface area contributed by atoms with E-state index in [4.69, 9.17) is 21.3 Å². The zero-order valence-corrected chi connectivity index (χ0v) is 14.4. The maximum Gasteiger partial charge on any atom is 0.173 e. The van der Waals surface area contributed by atoms with Gasteiger partial charge in [-0.2, -0.15) is 0 Å². The number of ether oxygens (including phenoxy) is 1. The summed E-state index contributed by atoms with van der Waals surface area (Å²) in [5.41, 5.74) is 3.00. The summed E-state index contributed by atoms with van der Waals surface area (Å²) >= 11 is 5.98. The lowest BCUT2D eigenvalue weighted by molar-refractivity contribution is 0.0339. The summed E-state index contributed by atoms with van der Waals surface area (Å²) in [6, 6.07) is 28.4. The Balaban J connectivity index is 1.74. The monoisotopic (exact) mass is 347 g/mol. The van der Waals surface area contributed by atoms with Gasteiger partial charge in [-0.25, -0.2) is 0 Å². The lowest BCUT2D eigenvalue weighted by Crippen LogP contribution is -2.38. The number of aliphatic imine (C=N–C) groups is 1. The molecule has 0 radical (unpaired) electrons. The molecule has 1 unspecified atom stereocenters. The quantitative estimate of drug-likeness (QED) is 0.619. The molecule has 0 saturated carbocycles. The van der Waals surface area contributed by atoms with Crippen molar-refractivity contribution in [3.8, 4) is 0 Å². The van der Waals surface area contributed by atoms with Crippen molar-refractivity contribution < 1.29 is 4.74 Å². The molecule has 0 spiro atoms. The molecule has 1 aliphatic rings. The van der Waals surface area contributed by atoms with Crippen LogP contribution in [0.4, 0.5) is 0 Å². The van der Waals surface area contributed by atoms with Crippen LogP contribution in [0, 0.1) is 0 Å². The highest BCUT2D eigenvalue weighted by Gasteiger charge is 2.37. The largest absolute Gasteiger partial charge is 0.351 e. The number of rotatable bonds is 3. The van der Waals surface area contributed by atoms with Gasteiger partial charge >= 0.3 is 0 Å². The highest BCUT2D eigenvalue weighted by atomic mass is 35.5. The molecule has 0 amide bonds. The molecular weight excluding hydrogens is 330 g/mol. The molecule has 0 fully saturated rings. The molecule has 0 aromatic heterocycles. The Kier molecular flexibility index (Phi) is 4.39. The van der Waals surface area contributed by atoms with Crippen LogP contribution in [0.2, 0.25) is 5.02 Å². The van der Waals surface area contributed by atoms with Crippen molar-refractivity contribution in [1.82, 2.24) is 0 Å². The van der Waals surface area contributed by atoms with Crippen LogP contribution in [0.5, 0.6) is 0 Å². The lowest BCUT2D eigenvalue weighted by atomic mass is 9.75. The Labute approximate surface area is 152 Å². The van der Waals surface area contributed by atoms with Crippen LogP contribution in [0.3, 0.4) is 0 Å². The van der Waals surface area contributed by atoms with Gasteiger partial charge in [-0.3, -0.25) is 4.99 Å². The van der Waals surface area contributed by atoms with Crippen molar-refractivity contribution in [1.29, 1.82) is 0 Å². The number of halogens is 1. The summed E-state index contributed by atoms with van der Waals surface area (Å²) in [6.45, 7) is 0.540. The standard InChI is InChI=1S/C22H18ClNO/c23-20-13-11-17(12-14-20)21-24-15-22(16-25-21,18-7-3-1-4-8-18)19-9-5-2-6-10-19/h1-15,21H,16H2. The van der Waals surface area contributed by atoms with Crippen LogP contribution in [-0.4, -0.2) is 12.8 Å². The van der Waals surface area contributed by atoms with E-state index in [1.54, 1.807) is 0 Å². The summed E-state index contributed by atoms with van der Waals surface area (Å²) in [4.78, 5) is 4.75. The highest BCUT2D eigenvalue weighted by molar-refractivity contribution is 6.30. The number of hydrogen-bond donors (Lipinski definition) is 0. The van der Waals surface area contributed by atoms with Crippen LogP contribution >= 0.6 is 11.6 Å². The van der Waals surface area contributed by atoms with Crippen molar-refractivity contribution in [2.24, 2.45) is 4.99 Å². The molecule has 4 rings (SSSR count). The molecular formula is C22H18ClNO. The van der Waals surface area contributed by atoms with Gasteiger partial charge in [0.15, 0.2) is 6.23 Å². The topological polar surface area (TPSA) is 21.6 Å². The van der Waals surface area contributed by atoms with Gasteiger partial charge in [0.2, 0.25) is 0 Å². The Morgan fingerprint density at radius 1 is 0.800 bits per heavy atom. The maximum absolute atomic E-state index is 6.19. The predicted molar refractivity (Wildman–Crippen MR) is 102 cm³/mol. The molecule has 1 aliphatic heterocycles. The molecule has 2 nitrogen and oxygen atoms in total. The lowest BCUT2D eigenvalue weighted by Gasteiger charge is -2.36. The van der Waals surface area contributed by atoms with E-state index in [0.717, 1.165) is 5.56 Å². The van der Waals surface area contributed by atoms with Crippen LogP contribution in [0.25, 0.3) is 0 Å². The summed E-state index contributed by atoms with van der Waals surface area (Å²) < 4.78 is 6.19. The van der Waals surface area contributed by atoms with Crippen molar-refractivity contribution in [2.75, 3.05) is 6.61 Å². The zero-order valence-electron chi connectivity index (χ0n) is 13.7. The fourth-order valence-corrected chi connectivity index (χ4v) is 3.37. The van der Waals surface area contributed by atoms with Gasteiger partial charge in [-0.1, -0.05) is 84.4 Å². The van der Waals surface area contributed by atoms with E-state index in [2.05, 4.69) is 48.5 Å². The Bertz CT molecular complexity index is 820. The summed E-state index contributed by atoms with van der Waals surface area (Å²) in [6.07, 6.45) is 1.75. The number of nitrogens with zero attached hydrogens (tertiary/aromatic N) is 1. The highest BCUT2D eigenvalue weighted by Crippen LogP contribution is 2.37. The summed E-state index contributed by atoms with van der Waals surface area (Å²) in [5, 5.41) is 0.714. The average molecular weight is 348 g/mol. The SMILES string of the molecule is Clc1ccc(C2N=CC(c3ccccc3)(c3ccccc3)CO2)cc1. The molecule has 25 heavy (non-hydrogen) atoms. The first-order valence-corrected chi connectivity index (χ1v) is 8.68. The maximum atomic E-state index is 6.19. The second kappa shape index (κ2) is 6.83. The smallest absolute Gasteiger partial charge is 0.173 e. The van der Waals surface area contributed by atoms with Gasteiger partial charge in [-0.05, 0) is 23.3 Å². The normalized spacial score (nSPS) is 18.8. The zero-order chi connectivity index (χ0) is 17.1. The van der Waals surface area contributed by atoms with Crippen LogP contribution in [0.15, 0.2) is 89.9 Å². The Morgan fingerprint density at radius 2 is 1.36 bits per heavy atom. The molecule has 124 valence electrons. The molecule has 0 bridgehead atoms. The third-order valence-electron chi connectivity index (χ3n) is 4.63. The van der Waals surface area contributed by atoms with Crippen LogP contribution < -0.4 is 0 Å². The predicted octanol–water partition coefficient (Wildman–Crippen LogP) is 5.43. The minimum atomic E-state index is -0.370. The summed E-state index contributed by atoms with van der Waals surface area (Å²) in [7, 11) is 0. The van der Waals surface area contributed by atoms with Gasteiger partial charge in [0.1, 0.15) is 0 Å². The van der Waals surface area contributed by atoms with E-state index in [0.29, 0.717) is 11.6 Å². The fraction of sp³-hybridized carbons (Fsp3) is 0.136. The van der Waals surface area contributed by atoms with Crippen LogP contribution in [0.1, 0.15) is 22.9 Å². The van der Waals surface area contributed by atoms with E-state index < -0.39 is 0 Å². The second-order valence-electron chi connectivity index (χ2n) is 6.20. The molecule has 1 atom stereocenters. The number of benzene rings is 3. The minimum Gasteiger partial charge on any atom is -0.351 e. The second-order valence-corrected chi connectivity index (χ2v) is 6.63. The fourth-order valence-electron chi connectivity index (χ4n) is 3.25.